The predicted molar refractivity (Wildman–Crippen MR) is 60.1 cm³/mol. The fraction of sp³-hybridized carbons (Fsp3) is 0.417. The largest absolute Gasteiger partial charge is 0.507 e. The summed E-state index contributed by atoms with van der Waals surface area (Å²) in [7, 11) is 0. The fourth-order valence-electron chi connectivity index (χ4n) is 1.25. The molecule has 0 bridgehead atoms. The molecule has 88 valence electrons. The quantitative estimate of drug-likeness (QED) is 0.593. The number of hydrogen-bond acceptors (Lipinski definition) is 4. The van der Waals surface area contributed by atoms with Crippen molar-refractivity contribution >= 4 is 5.78 Å². The summed E-state index contributed by atoms with van der Waals surface area (Å²) in [5.41, 5.74) is 0.272. The average molecular weight is 224 g/mol. The highest BCUT2D eigenvalue weighted by molar-refractivity contribution is 5.97. The number of carbonyl (C=O) groups excluding carboxylic acids is 1. The van der Waals surface area contributed by atoms with Crippen molar-refractivity contribution in [3.8, 4) is 11.5 Å². The smallest absolute Gasteiger partial charge is 0.163 e. The number of benzene rings is 1. The molecule has 0 amide bonds. The standard InChI is InChI=1S/C12H16O4/c1-3-15-6-7-16-10-4-5-12(14)11(8-10)9(2)13/h4-5,8,14H,3,6-7H2,1-2H3. The highest BCUT2D eigenvalue weighted by atomic mass is 16.5. The maximum atomic E-state index is 11.2. The Morgan fingerprint density at radius 1 is 1.38 bits per heavy atom. The molecule has 1 N–H and O–H groups in total. The lowest BCUT2D eigenvalue weighted by atomic mass is 10.1. The van der Waals surface area contributed by atoms with E-state index in [0.717, 1.165) is 0 Å². The molecule has 0 aliphatic rings. The van der Waals surface area contributed by atoms with Crippen LogP contribution in [-0.2, 0) is 4.74 Å². The zero-order valence-electron chi connectivity index (χ0n) is 9.53. The number of carbonyl (C=O) groups is 1. The molecule has 0 aliphatic heterocycles. The van der Waals surface area contributed by atoms with Crippen molar-refractivity contribution in [3.05, 3.63) is 23.8 Å². The first-order chi connectivity index (χ1) is 7.65. The minimum Gasteiger partial charge on any atom is -0.507 e. The summed E-state index contributed by atoms with van der Waals surface area (Å²) in [6.07, 6.45) is 0. The maximum absolute atomic E-state index is 11.2. The summed E-state index contributed by atoms with van der Waals surface area (Å²) >= 11 is 0. The van der Waals surface area contributed by atoms with Crippen LogP contribution in [0.15, 0.2) is 18.2 Å². The van der Waals surface area contributed by atoms with Crippen molar-refractivity contribution < 1.29 is 19.4 Å². The summed E-state index contributed by atoms with van der Waals surface area (Å²) in [5.74, 6) is 0.347. The maximum Gasteiger partial charge on any atom is 0.163 e. The van der Waals surface area contributed by atoms with E-state index in [4.69, 9.17) is 9.47 Å². The summed E-state index contributed by atoms with van der Waals surface area (Å²) < 4.78 is 10.5. The van der Waals surface area contributed by atoms with Gasteiger partial charge in [0.05, 0.1) is 12.2 Å². The van der Waals surface area contributed by atoms with Crippen LogP contribution in [0.2, 0.25) is 0 Å². The number of phenolic OH excluding ortho intramolecular Hbond substituents is 1. The third kappa shape index (κ3) is 3.55. The molecule has 0 atom stereocenters. The topological polar surface area (TPSA) is 55.8 Å². The second kappa shape index (κ2) is 6.12. The summed E-state index contributed by atoms with van der Waals surface area (Å²) in [4.78, 5) is 11.2. The van der Waals surface area contributed by atoms with Crippen LogP contribution in [0.3, 0.4) is 0 Å². The molecule has 4 heteroatoms. The van der Waals surface area contributed by atoms with Gasteiger partial charge in [0.2, 0.25) is 0 Å². The molecule has 0 aliphatic carbocycles. The van der Waals surface area contributed by atoms with E-state index >= 15 is 0 Å². The van der Waals surface area contributed by atoms with Gasteiger partial charge in [-0.2, -0.15) is 0 Å². The monoisotopic (exact) mass is 224 g/mol. The van der Waals surface area contributed by atoms with Gasteiger partial charge >= 0.3 is 0 Å². The van der Waals surface area contributed by atoms with Crippen LogP contribution in [0.1, 0.15) is 24.2 Å². The molecule has 1 aromatic rings. The minimum absolute atomic E-state index is 0.0235. The molecule has 0 aromatic heterocycles. The molecule has 0 saturated carbocycles. The predicted octanol–water partition coefficient (Wildman–Crippen LogP) is 2.01. The first kappa shape index (κ1) is 12.5. The summed E-state index contributed by atoms with van der Waals surface area (Å²) in [5, 5.41) is 9.41. The molecule has 1 rings (SSSR count). The van der Waals surface area contributed by atoms with Crippen LogP contribution in [0, 0.1) is 0 Å². The van der Waals surface area contributed by atoms with Crippen molar-refractivity contribution in [2.24, 2.45) is 0 Å². The lowest BCUT2D eigenvalue weighted by Crippen LogP contribution is -2.06. The van der Waals surface area contributed by atoms with E-state index in [1.54, 1.807) is 6.07 Å². The number of phenols is 1. The van der Waals surface area contributed by atoms with Crippen molar-refractivity contribution in [1.82, 2.24) is 0 Å². The zero-order valence-corrected chi connectivity index (χ0v) is 9.53. The Morgan fingerprint density at radius 3 is 2.75 bits per heavy atom. The Morgan fingerprint density at radius 2 is 2.12 bits per heavy atom. The van der Waals surface area contributed by atoms with Gasteiger partial charge in [0.25, 0.3) is 0 Å². The van der Waals surface area contributed by atoms with Crippen LogP contribution in [-0.4, -0.2) is 30.7 Å². The van der Waals surface area contributed by atoms with Gasteiger partial charge in [0.1, 0.15) is 18.1 Å². The Hall–Kier alpha value is -1.55. The highest BCUT2D eigenvalue weighted by Gasteiger charge is 2.07. The number of rotatable bonds is 6. The van der Waals surface area contributed by atoms with Gasteiger partial charge in [0, 0.05) is 6.61 Å². The lowest BCUT2D eigenvalue weighted by molar-refractivity contribution is 0.101. The van der Waals surface area contributed by atoms with Gasteiger partial charge in [-0.15, -0.1) is 0 Å². The average Bonchev–Trinajstić information content (AvgIpc) is 2.26. The Balaban J connectivity index is 2.61. The first-order valence-corrected chi connectivity index (χ1v) is 5.19. The van der Waals surface area contributed by atoms with Crippen LogP contribution >= 0.6 is 0 Å². The SMILES string of the molecule is CCOCCOc1ccc(O)c(C(C)=O)c1. The third-order valence-corrected chi connectivity index (χ3v) is 2.05. The third-order valence-electron chi connectivity index (χ3n) is 2.05. The molecule has 0 heterocycles. The molecular formula is C12H16O4. The number of hydrogen-bond donors (Lipinski definition) is 1. The second-order valence-corrected chi connectivity index (χ2v) is 3.28. The molecule has 0 radical (unpaired) electrons. The van der Waals surface area contributed by atoms with Gasteiger partial charge in [-0.25, -0.2) is 0 Å². The van der Waals surface area contributed by atoms with Crippen molar-refractivity contribution in [3.63, 3.8) is 0 Å². The van der Waals surface area contributed by atoms with Gasteiger partial charge in [-0.3, -0.25) is 4.79 Å². The summed E-state index contributed by atoms with van der Waals surface area (Å²) in [6, 6.07) is 4.60. The molecule has 16 heavy (non-hydrogen) atoms. The van der Waals surface area contributed by atoms with E-state index < -0.39 is 0 Å². The van der Waals surface area contributed by atoms with E-state index in [9.17, 15) is 9.90 Å². The van der Waals surface area contributed by atoms with E-state index in [0.29, 0.717) is 25.6 Å². The van der Waals surface area contributed by atoms with Gasteiger partial charge in [-0.1, -0.05) is 0 Å². The second-order valence-electron chi connectivity index (χ2n) is 3.28. The number of ketones is 1. The minimum atomic E-state index is -0.187. The normalized spacial score (nSPS) is 10.1. The van der Waals surface area contributed by atoms with E-state index in [-0.39, 0.29) is 17.1 Å². The molecule has 0 saturated heterocycles. The molecule has 0 unspecified atom stereocenters. The zero-order chi connectivity index (χ0) is 12.0. The number of Topliss-reactive ketones (excluding diaryl/α,β-unsaturated/α-hetero) is 1. The molecule has 4 nitrogen and oxygen atoms in total. The van der Waals surface area contributed by atoms with E-state index in [2.05, 4.69) is 0 Å². The molecule has 0 spiro atoms. The molecular weight excluding hydrogens is 208 g/mol. The number of ether oxygens (including phenoxy) is 2. The fourth-order valence-corrected chi connectivity index (χ4v) is 1.25. The lowest BCUT2D eigenvalue weighted by Gasteiger charge is -2.08. The van der Waals surface area contributed by atoms with E-state index in [1.165, 1.54) is 19.1 Å². The molecule has 0 fully saturated rings. The summed E-state index contributed by atoms with van der Waals surface area (Å²) in [6.45, 7) is 4.90. The van der Waals surface area contributed by atoms with Crippen molar-refractivity contribution in [2.75, 3.05) is 19.8 Å². The van der Waals surface area contributed by atoms with Gasteiger partial charge < -0.3 is 14.6 Å². The van der Waals surface area contributed by atoms with Crippen LogP contribution in [0.25, 0.3) is 0 Å². The van der Waals surface area contributed by atoms with Crippen LogP contribution < -0.4 is 4.74 Å². The van der Waals surface area contributed by atoms with Crippen LogP contribution in [0.5, 0.6) is 11.5 Å². The Kier molecular flexibility index (Phi) is 4.79. The Labute approximate surface area is 94.8 Å². The van der Waals surface area contributed by atoms with E-state index in [1.807, 2.05) is 6.92 Å². The number of aromatic hydroxyl groups is 1. The Bertz CT molecular complexity index is 360. The first-order valence-electron chi connectivity index (χ1n) is 5.19. The highest BCUT2D eigenvalue weighted by Crippen LogP contribution is 2.23. The van der Waals surface area contributed by atoms with Gasteiger partial charge in [0.15, 0.2) is 5.78 Å². The van der Waals surface area contributed by atoms with Crippen molar-refractivity contribution in [2.45, 2.75) is 13.8 Å². The van der Waals surface area contributed by atoms with Gasteiger partial charge in [-0.05, 0) is 32.0 Å². The van der Waals surface area contributed by atoms with Crippen molar-refractivity contribution in [1.29, 1.82) is 0 Å². The van der Waals surface area contributed by atoms with Crippen LogP contribution in [0.4, 0.5) is 0 Å². The molecule has 1 aromatic carbocycles.